The molecule has 0 heterocycles. The normalized spacial score (nSPS) is 16.9. The van der Waals surface area contributed by atoms with E-state index in [1.165, 1.54) is 18.9 Å². The van der Waals surface area contributed by atoms with Gasteiger partial charge in [-0.25, -0.2) is 13.1 Å². The van der Waals surface area contributed by atoms with E-state index in [9.17, 15) is 8.42 Å². The van der Waals surface area contributed by atoms with E-state index in [0.29, 0.717) is 18.2 Å². The van der Waals surface area contributed by atoms with Gasteiger partial charge >= 0.3 is 0 Å². The summed E-state index contributed by atoms with van der Waals surface area (Å²) in [4.78, 5) is 2.59. The fourth-order valence-corrected chi connectivity index (χ4v) is 3.41. The smallest absolute Gasteiger partial charge is 0.240 e. The van der Waals surface area contributed by atoms with Gasteiger partial charge in [-0.2, -0.15) is 0 Å². The lowest BCUT2D eigenvalue weighted by atomic mass is 10.2. The number of sulfonamides is 1. The van der Waals surface area contributed by atoms with Crippen molar-refractivity contribution in [2.24, 2.45) is 5.73 Å². The summed E-state index contributed by atoms with van der Waals surface area (Å²) in [6.45, 7) is 2.40. The molecule has 7 heteroatoms. The van der Waals surface area contributed by atoms with Crippen molar-refractivity contribution in [3.8, 4) is 0 Å². The van der Waals surface area contributed by atoms with Crippen LogP contribution in [0, 0.1) is 0 Å². The second-order valence-corrected chi connectivity index (χ2v) is 7.70. The van der Waals surface area contributed by atoms with E-state index in [4.69, 9.17) is 18.0 Å². The van der Waals surface area contributed by atoms with Gasteiger partial charge in [-0.05, 0) is 38.9 Å². The molecule has 3 N–H and O–H groups in total. The van der Waals surface area contributed by atoms with Crippen molar-refractivity contribution in [2.45, 2.75) is 36.7 Å². The van der Waals surface area contributed by atoms with Gasteiger partial charge in [0.25, 0.3) is 0 Å². The Morgan fingerprint density at radius 1 is 1.52 bits per heavy atom. The molecule has 21 heavy (non-hydrogen) atoms. The van der Waals surface area contributed by atoms with Gasteiger partial charge in [0.05, 0.1) is 4.90 Å². The van der Waals surface area contributed by atoms with Crippen LogP contribution in [0.15, 0.2) is 29.2 Å². The van der Waals surface area contributed by atoms with E-state index in [1.807, 2.05) is 14.0 Å². The third-order valence-corrected chi connectivity index (χ3v) is 5.47. The predicted molar refractivity (Wildman–Crippen MR) is 87.8 cm³/mol. The van der Waals surface area contributed by atoms with Gasteiger partial charge in [-0.1, -0.05) is 24.4 Å². The number of nitrogens with zero attached hydrogens (tertiary/aromatic N) is 1. The summed E-state index contributed by atoms with van der Waals surface area (Å²) in [7, 11) is -1.51. The molecular weight excluding hydrogens is 306 g/mol. The van der Waals surface area contributed by atoms with Crippen LogP contribution in [0.5, 0.6) is 0 Å². The zero-order valence-electron chi connectivity index (χ0n) is 12.2. The van der Waals surface area contributed by atoms with Gasteiger partial charge in [0.15, 0.2) is 0 Å². The summed E-state index contributed by atoms with van der Waals surface area (Å²) >= 11 is 4.88. The Balaban J connectivity index is 2.04. The Kier molecular flexibility index (Phi) is 4.98. The quantitative estimate of drug-likeness (QED) is 0.733. The molecule has 5 nitrogen and oxygen atoms in total. The van der Waals surface area contributed by atoms with Crippen molar-refractivity contribution in [1.29, 1.82) is 0 Å². The van der Waals surface area contributed by atoms with E-state index in [0.717, 1.165) is 0 Å². The highest BCUT2D eigenvalue weighted by Crippen LogP contribution is 2.26. The number of nitrogens with one attached hydrogen (secondary N) is 1. The van der Waals surface area contributed by atoms with Crippen molar-refractivity contribution in [2.75, 3.05) is 13.6 Å². The topological polar surface area (TPSA) is 75.4 Å². The molecule has 1 aliphatic rings. The molecule has 2 rings (SSSR count). The molecule has 1 aliphatic carbocycles. The molecule has 0 bridgehead atoms. The number of hydrogen-bond acceptors (Lipinski definition) is 4. The number of thiocarbonyl (C=S) groups is 1. The zero-order valence-corrected chi connectivity index (χ0v) is 13.9. The first-order valence-electron chi connectivity index (χ1n) is 6.93. The van der Waals surface area contributed by atoms with Crippen LogP contribution >= 0.6 is 12.2 Å². The maximum atomic E-state index is 12.3. The monoisotopic (exact) mass is 327 g/mol. The average Bonchev–Trinajstić information content (AvgIpc) is 3.28. The second-order valence-electron chi connectivity index (χ2n) is 5.49. The van der Waals surface area contributed by atoms with Gasteiger partial charge in [0.2, 0.25) is 10.0 Å². The van der Waals surface area contributed by atoms with E-state index < -0.39 is 10.0 Å². The van der Waals surface area contributed by atoms with Crippen molar-refractivity contribution in [1.82, 2.24) is 9.62 Å². The summed E-state index contributed by atoms with van der Waals surface area (Å²) in [5.41, 5.74) is 6.09. The molecule has 1 aromatic carbocycles. The minimum absolute atomic E-state index is 0.158. The fourth-order valence-electron chi connectivity index (χ4n) is 2.12. The molecule has 1 fully saturated rings. The van der Waals surface area contributed by atoms with Crippen molar-refractivity contribution in [3.63, 3.8) is 0 Å². The average molecular weight is 327 g/mol. The van der Waals surface area contributed by atoms with Crippen molar-refractivity contribution in [3.05, 3.63) is 29.8 Å². The standard InChI is InChI=1S/C14H21N3O2S2/c1-10(17(2)12-6-7-12)9-16-21(18,19)13-5-3-4-11(8-13)14(15)20/h3-5,8,10,12,16H,6-7,9H2,1-2H3,(H2,15,20). The van der Waals surface area contributed by atoms with E-state index >= 15 is 0 Å². The van der Waals surface area contributed by atoms with E-state index in [2.05, 4.69) is 9.62 Å². The van der Waals surface area contributed by atoms with Gasteiger partial charge < -0.3 is 5.73 Å². The van der Waals surface area contributed by atoms with Crippen molar-refractivity contribution < 1.29 is 8.42 Å². The maximum absolute atomic E-state index is 12.3. The third kappa shape index (κ3) is 4.23. The lowest BCUT2D eigenvalue weighted by Crippen LogP contribution is -2.41. The summed E-state index contributed by atoms with van der Waals surface area (Å²) in [6, 6.07) is 7.14. The highest BCUT2D eigenvalue weighted by molar-refractivity contribution is 7.89. The van der Waals surface area contributed by atoms with Gasteiger partial charge in [-0.15, -0.1) is 0 Å². The lowest BCUT2D eigenvalue weighted by Gasteiger charge is -2.24. The Morgan fingerprint density at radius 3 is 2.76 bits per heavy atom. The van der Waals surface area contributed by atoms with Crippen LogP contribution in [0.25, 0.3) is 0 Å². The highest BCUT2D eigenvalue weighted by atomic mass is 32.2. The summed E-state index contributed by atoms with van der Waals surface area (Å²) in [5, 5.41) is 0. The van der Waals surface area contributed by atoms with Crippen LogP contribution in [0.1, 0.15) is 25.3 Å². The molecule has 0 aromatic heterocycles. The first-order chi connectivity index (χ1) is 9.81. The van der Waals surface area contributed by atoms with Crippen LogP contribution in [0.3, 0.4) is 0 Å². The first-order valence-corrected chi connectivity index (χ1v) is 8.82. The molecular formula is C14H21N3O2S2. The summed E-state index contributed by atoms with van der Waals surface area (Å²) in [5.74, 6) is 0. The Bertz CT molecular complexity index is 627. The maximum Gasteiger partial charge on any atom is 0.240 e. The van der Waals surface area contributed by atoms with E-state index in [-0.39, 0.29) is 15.9 Å². The Morgan fingerprint density at radius 2 is 2.19 bits per heavy atom. The van der Waals surface area contributed by atoms with Crippen LogP contribution in [-0.4, -0.2) is 44.0 Å². The summed E-state index contributed by atoms with van der Waals surface area (Å²) in [6.07, 6.45) is 2.40. The van der Waals surface area contributed by atoms with Crippen LogP contribution in [0.4, 0.5) is 0 Å². The van der Waals surface area contributed by atoms with Crippen LogP contribution < -0.4 is 10.5 Å². The SMILES string of the molecule is CC(CNS(=O)(=O)c1cccc(C(N)=S)c1)N(C)C1CC1. The minimum atomic E-state index is -3.54. The number of likely N-dealkylation sites (N-methyl/N-ethyl adjacent to an activating group) is 1. The molecule has 1 atom stereocenters. The Labute approximate surface area is 131 Å². The van der Waals surface area contributed by atoms with Crippen LogP contribution in [-0.2, 0) is 10.0 Å². The summed E-state index contributed by atoms with van der Waals surface area (Å²) < 4.78 is 27.3. The fraction of sp³-hybridized carbons (Fsp3) is 0.500. The molecule has 1 aromatic rings. The second kappa shape index (κ2) is 6.39. The van der Waals surface area contributed by atoms with E-state index in [1.54, 1.807) is 18.2 Å². The van der Waals surface area contributed by atoms with Gasteiger partial charge in [0.1, 0.15) is 4.99 Å². The minimum Gasteiger partial charge on any atom is -0.389 e. The van der Waals surface area contributed by atoms with Gasteiger partial charge in [-0.3, -0.25) is 4.90 Å². The lowest BCUT2D eigenvalue weighted by molar-refractivity contribution is 0.248. The molecule has 0 saturated heterocycles. The Hall–Kier alpha value is -1.02. The first kappa shape index (κ1) is 16.4. The molecule has 0 aliphatic heterocycles. The molecule has 0 spiro atoms. The largest absolute Gasteiger partial charge is 0.389 e. The molecule has 0 amide bonds. The predicted octanol–water partition coefficient (Wildman–Crippen LogP) is 1.08. The number of hydrogen-bond donors (Lipinski definition) is 2. The molecule has 0 radical (unpaired) electrons. The highest BCUT2D eigenvalue weighted by Gasteiger charge is 2.29. The number of nitrogens with two attached hydrogens (primary N) is 1. The molecule has 116 valence electrons. The zero-order chi connectivity index (χ0) is 15.6. The molecule has 1 unspecified atom stereocenters. The molecule has 1 saturated carbocycles. The third-order valence-electron chi connectivity index (χ3n) is 3.82. The van der Waals surface area contributed by atoms with Gasteiger partial charge in [0, 0.05) is 24.2 Å². The van der Waals surface area contributed by atoms with Crippen LogP contribution in [0.2, 0.25) is 0 Å². The number of benzene rings is 1. The van der Waals surface area contributed by atoms with Crippen molar-refractivity contribution >= 4 is 27.2 Å². The number of rotatable bonds is 7.